The summed E-state index contributed by atoms with van der Waals surface area (Å²) < 4.78 is 45.2. The Morgan fingerprint density at radius 2 is 1.19 bits per heavy atom. The van der Waals surface area contributed by atoms with Gasteiger partial charge in [0.05, 0.1) is 24.5 Å². The monoisotopic (exact) mass is 728 g/mol. The van der Waals surface area contributed by atoms with Gasteiger partial charge in [-0.2, -0.15) is 0 Å². The third kappa shape index (κ3) is 7.01. The Morgan fingerprint density at radius 3 is 1.72 bits per heavy atom. The summed E-state index contributed by atoms with van der Waals surface area (Å²) in [6, 6.07) is 17.2. The summed E-state index contributed by atoms with van der Waals surface area (Å²) in [5.41, 5.74) is 6.94. The van der Waals surface area contributed by atoms with Crippen LogP contribution >= 0.6 is 0 Å². The molecular weight excluding hydrogens is 690 g/mol. The molecule has 8 rings (SSSR count). The van der Waals surface area contributed by atoms with E-state index in [-0.39, 0.29) is 24.5 Å². The number of fused-ring (bicyclic) bond motifs is 2. The van der Waals surface area contributed by atoms with E-state index in [1.807, 2.05) is 60.5 Å². The van der Waals surface area contributed by atoms with E-state index >= 15 is 4.39 Å². The summed E-state index contributed by atoms with van der Waals surface area (Å²) in [6.07, 6.45) is 8.01. The molecule has 2 aromatic carbocycles. The van der Waals surface area contributed by atoms with E-state index in [4.69, 9.17) is 19.9 Å². The van der Waals surface area contributed by atoms with Gasteiger partial charge in [-0.1, -0.05) is 36.4 Å². The Kier molecular flexibility index (Phi) is 9.53. The minimum absolute atomic E-state index is 0.0992. The summed E-state index contributed by atoms with van der Waals surface area (Å²) in [6.45, 7) is 8.11. The topological polar surface area (TPSA) is 90.3 Å². The minimum atomic E-state index is -0.949. The average Bonchev–Trinajstić information content (AvgIpc) is 3.19. The van der Waals surface area contributed by atoms with Gasteiger partial charge in [-0.3, -0.25) is 10.0 Å². The Labute approximate surface area is 312 Å². The molecule has 0 N–H and O–H groups in total. The molecule has 0 saturated carbocycles. The molecule has 10 nitrogen and oxygen atoms in total. The lowest BCUT2D eigenvalue weighted by molar-refractivity contribution is 0.495. The zero-order valence-electron chi connectivity index (χ0n) is 30.3. The molecule has 2 aliphatic heterocycles. The molecule has 274 valence electrons. The molecule has 6 heterocycles. The predicted molar refractivity (Wildman–Crippen MR) is 201 cm³/mol. The lowest BCUT2D eigenvalue weighted by atomic mass is 10.0. The Balaban J connectivity index is 1.30. The molecule has 0 spiro atoms. The first-order chi connectivity index (χ1) is 26.2. The zero-order valence-corrected chi connectivity index (χ0v) is 30.3. The van der Waals surface area contributed by atoms with Crippen LogP contribution in [0.4, 0.5) is 36.4 Å². The highest BCUT2D eigenvalue weighted by molar-refractivity contribution is 5.62. The van der Waals surface area contributed by atoms with E-state index in [1.165, 1.54) is 24.8 Å². The zero-order chi connectivity index (χ0) is 37.3. The molecule has 0 aliphatic carbocycles. The summed E-state index contributed by atoms with van der Waals surface area (Å²) in [4.78, 5) is 32.9. The molecule has 4 aromatic heterocycles. The molecule has 0 fully saturated rings. The smallest absolute Gasteiger partial charge is 0.163 e. The van der Waals surface area contributed by atoms with E-state index in [1.54, 1.807) is 25.1 Å². The fraction of sp³-hybridized carbons (Fsp3) is 0.268. The van der Waals surface area contributed by atoms with E-state index in [2.05, 4.69) is 19.8 Å². The maximum Gasteiger partial charge on any atom is 0.163 e. The van der Waals surface area contributed by atoms with Crippen molar-refractivity contribution in [2.24, 2.45) is 0 Å². The van der Waals surface area contributed by atoms with Gasteiger partial charge in [-0.25, -0.2) is 43.1 Å². The summed E-state index contributed by atoms with van der Waals surface area (Å²) >= 11 is 0. The molecule has 0 bridgehead atoms. The Hall–Kier alpha value is -6.11. The summed E-state index contributed by atoms with van der Waals surface area (Å²) in [7, 11) is 0. The highest BCUT2D eigenvalue weighted by Gasteiger charge is 2.33. The van der Waals surface area contributed by atoms with E-state index < -0.39 is 11.6 Å². The molecular formula is C41H39F3N10. The van der Waals surface area contributed by atoms with Gasteiger partial charge in [0.1, 0.15) is 30.1 Å². The second-order valence-corrected chi connectivity index (χ2v) is 13.9. The first-order valence-electron chi connectivity index (χ1n) is 18.0. The lowest BCUT2D eigenvalue weighted by Gasteiger charge is -2.41. The van der Waals surface area contributed by atoms with Gasteiger partial charge in [0.2, 0.25) is 0 Å². The fourth-order valence-corrected chi connectivity index (χ4v) is 7.14. The molecule has 0 atom stereocenters. The van der Waals surface area contributed by atoms with Gasteiger partial charge in [0, 0.05) is 68.1 Å². The number of benzene rings is 2. The number of anilines is 4. The third-order valence-electron chi connectivity index (χ3n) is 10.1. The predicted octanol–water partition coefficient (Wildman–Crippen LogP) is 7.15. The molecule has 0 saturated heterocycles. The SMILES string of the molecule is Cc1ccc(N2CCc3ncnc(N(Cc4ccc(F)c(C)c4)N(Cc4cccc(F)c4F)c4ncnc5c4CN(c4ccc(C)cn4)CC5)c3C2)nc1. The Bertz CT molecular complexity index is 2300. The second kappa shape index (κ2) is 14.7. The van der Waals surface area contributed by atoms with Crippen molar-refractivity contribution in [3.05, 3.63) is 153 Å². The summed E-state index contributed by atoms with van der Waals surface area (Å²) in [5, 5.41) is 3.80. The van der Waals surface area contributed by atoms with Crippen LogP contribution in [0.2, 0.25) is 0 Å². The van der Waals surface area contributed by atoms with Crippen LogP contribution in [0.15, 0.2) is 85.7 Å². The number of rotatable bonds is 9. The van der Waals surface area contributed by atoms with Crippen molar-refractivity contribution < 1.29 is 13.2 Å². The summed E-state index contributed by atoms with van der Waals surface area (Å²) in [5.74, 6) is 0.506. The largest absolute Gasteiger partial charge is 0.352 e. The van der Waals surface area contributed by atoms with E-state index in [9.17, 15) is 8.78 Å². The number of hydrogen-bond donors (Lipinski definition) is 0. The number of halogens is 3. The van der Waals surface area contributed by atoms with Crippen molar-refractivity contribution in [3.63, 3.8) is 0 Å². The molecule has 0 unspecified atom stereocenters. The fourth-order valence-electron chi connectivity index (χ4n) is 7.14. The van der Waals surface area contributed by atoms with Crippen LogP contribution in [0.1, 0.15) is 50.3 Å². The molecule has 0 radical (unpaired) electrons. The van der Waals surface area contributed by atoms with Crippen molar-refractivity contribution in [1.29, 1.82) is 0 Å². The molecule has 6 aromatic rings. The number of hydrogen-bond acceptors (Lipinski definition) is 10. The van der Waals surface area contributed by atoms with Gasteiger partial charge in [0.15, 0.2) is 23.3 Å². The van der Waals surface area contributed by atoms with Crippen LogP contribution in [0.25, 0.3) is 0 Å². The maximum absolute atomic E-state index is 15.7. The van der Waals surface area contributed by atoms with Crippen molar-refractivity contribution >= 4 is 23.3 Å². The van der Waals surface area contributed by atoms with Gasteiger partial charge >= 0.3 is 0 Å². The van der Waals surface area contributed by atoms with Crippen molar-refractivity contribution in [2.75, 3.05) is 32.9 Å². The standard InChI is InChI=1S/C41H39F3N10/c1-26-7-11-37(45-18-26)51-15-13-35-31(22-51)40(49-24-47-35)53(20-29-9-10-33(42)28(3)17-29)54(21-30-5-4-6-34(43)39(30)44)41-32-23-52(16-14-36(32)48-25-50-41)38-12-8-27(2)19-46-38/h4-12,17-19,24-25H,13-16,20-23H2,1-3H3. The van der Waals surface area contributed by atoms with Crippen LogP contribution in [0.5, 0.6) is 0 Å². The van der Waals surface area contributed by atoms with Gasteiger partial charge in [0.25, 0.3) is 0 Å². The average molecular weight is 729 g/mol. The first-order valence-corrected chi connectivity index (χ1v) is 18.0. The minimum Gasteiger partial charge on any atom is -0.352 e. The normalized spacial score (nSPS) is 13.7. The molecule has 54 heavy (non-hydrogen) atoms. The third-order valence-corrected chi connectivity index (χ3v) is 10.1. The molecule has 0 amide bonds. The van der Waals surface area contributed by atoms with Crippen molar-refractivity contribution in [2.45, 2.75) is 59.8 Å². The maximum atomic E-state index is 15.7. The van der Waals surface area contributed by atoms with Crippen LogP contribution in [0.3, 0.4) is 0 Å². The quantitative estimate of drug-likeness (QED) is 0.143. The van der Waals surface area contributed by atoms with E-state index in [0.717, 1.165) is 56.9 Å². The van der Waals surface area contributed by atoms with Crippen LogP contribution < -0.4 is 19.8 Å². The second-order valence-electron chi connectivity index (χ2n) is 13.9. The first kappa shape index (κ1) is 34.9. The Morgan fingerprint density at radius 1 is 0.611 bits per heavy atom. The van der Waals surface area contributed by atoms with Crippen molar-refractivity contribution in [1.82, 2.24) is 29.9 Å². The van der Waals surface area contributed by atoms with E-state index in [0.29, 0.717) is 56.2 Å². The number of aromatic nitrogens is 6. The van der Waals surface area contributed by atoms with Crippen LogP contribution in [0, 0.1) is 38.2 Å². The van der Waals surface area contributed by atoms with Gasteiger partial charge < -0.3 is 9.80 Å². The molecule has 13 heteroatoms. The van der Waals surface area contributed by atoms with Gasteiger partial charge in [-0.15, -0.1) is 0 Å². The highest BCUT2D eigenvalue weighted by atomic mass is 19.2. The van der Waals surface area contributed by atoms with Crippen LogP contribution in [-0.4, -0.2) is 43.0 Å². The van der Waals surface area contributed by atoms with Gasteiger partial charge in [-0.05, 0) is 67.3 Å². The van der Waals surface area contributed by atoms with Crippen molar-refractivity contribution in [3.8, 4) is 0 Å². The number of nitrogens with zero attached hydrogens (tertiary/aromatic N) is 10. The molecule has 2 aliphatic rings. The van der Waals surface area contributed by atoms with Crippen LogP contribution in [-0.2, 0) is 39.0 Å². The number of aryl methyl sites for hydroxylation is 3. The highest BCUT2D eigenvalue weighted by Crippen LogP contribution is 2.36. The number of hydrazine groups is 1. The number of pyridine rings is 2. The lowest BCUT2D eigenvalue weighted by Crippen LogP contribution is -2.46.